The molecule has 0 saturated carbocycles. The largest absolute Gasteiger partial charge is 0.495 e. The summed E-state index contributed by atoms with van der Waals surface area (Å²) in [6, 6.07) is 13.4. The SMILES string of the molecule is COc1ccc(C(C)(C)C)cc1NC(=O)C=Cc1cnc2ccccc2n1. The quantitative estimate of drug-likeness (QED) is 0.691. The maximum atomic E-state index is 12.4. The molecule has 0 aliphatic carbocycles. The van der Waals surface area contributed by atoms with E-state index >= 15 is 0 Å². The molecule has 0 aliphatic heterocycles. The van der Waals surface area contributed by atoms with Gasteiger partial charge in [-0.1, -0.05) is 39.0 Å². The average molecular weight is 361 g/mol. The van der Waals surface area contributed by atoms with E-state index in [0.717, 1.165) is 16.6 Å². The minimum absolute atomic E-state index is 0.0255. The molecule has 0 atom stereocenters. The van der Waals surface area contributed by atoms with Crippen molar-refractivity contribution in [3.63, 3.8) is 0 Å². The van der Waals surface area contributed by atoms with Crippen LogP contribution in [0.25, 0.3) is 17.1 Å². The fraction of sp³-hybridized carbons (Fsp3) is 0.227. The number of aromatic nitrogens is 2. The van der Waals surface area contributed by atoms with Crippen LogP contribution >= 0.6 is 0 Å². The highest BCUT2D eigenvalue weighted by Gasteiger charge is 2.16. The maximum Gasteiger partial charge on any atom is 0.248 e. The van der Waals surface area contributed by atoms with E-state index in [-0.39, 0.29) is 11.3 Å². The molecule has 1 aromatic heterocycles. The zero-order valence-electron chi connectivity index (χ0n) is 16.0. The summed E-state index contributed by atoms with van der Waals surface area (Å²) in [6.07, 6.45) is 4.74. The Morgan fingerprint density at radius 2 is 1.85 bits per heavy atom. The third-order valence-corrected chi connectivity index (χ3v) is 4.20. The highest BCUT2D eigenvalue weighted by Crippen LogP contribution is 2.31. The Morgan fingerprint density at radius 3 is 2.56 bits per heavy atom. The summed E-state index contributed by atoms with van der Waals surface area (Å²) < 4.78 is 5.36. The predicted molar refractivity (Wildman–Crippen MR) is 109 cm³/mol. The van der Waals surface area contributed by atoms with Gasteiger partial charge in [0.1, 0.15) is 5.75 Å². The Labute approximate surface area is 159 Å². The van der Waals surface area contributed by atoms with Gasteiger partial charge in [0, 0.05) is 6.08 Å². The molecule has 1 heterocycles. The number of methoxy groups -OCH3 is 1. The number of benzene rings is 2. The lowest BCUT2D eigenvalue weighted by molar-refractivity contribution is -0.111. The van der Waals surface area contributed by atoms with E-state index in [1.54, 1.807) is 19.4 Å². The van der Waals surface area contributed by atoms with Gasteiger partial charge in [0.2, 0.25) is 5.91 Å². The molecule has 1 N–H and O–H groups in total. The third kappa shape index (κ3) is 4.50. The summed E-state index contributed by atoms with van der Waals surface area (Å²) >= 11 is 0. The Morgan fingerprint density at radius 1 is 1.11 bits per heavy atom. The van der Waals surface area contributed by atoms with Gasteiger partial charge < -0.3 is 10.1 Å². The maximum absolute atomic E-state index is 12.4. The van der Waals surface area contributed by atoms with Gasteiger partial charge in [-0.15, -0.1) is 0 Å². The molecule has 0 bridgehead atoms. The molecule has 5 heteroatoms. The van der Waals surface area contributed by atoms with Crippen molar-refractivity contribution in [3.05, 3.63) is 66.0 Å². The molecule has 0 spiro atoms. The predicted octanol–water partition coefficient (Wildman–Crippen LogP) is 4.59. The van der Waals surface area contributed by atoms with Gasteiger partial charge in [0.15, 0.2) is 0 Å². The van der Waals surface area contributed by atoms with Crippen molar-refractivity contribution in [3.8, 4) is 5.75 Å². The number of ether oxygens (including phenoxy) is 1. The summed E-state index contributed by atoms with van der Waals surface area (Å²) in [5.74, 6) is 0.365. The van der Waals surface area contributed by atoms with Crippen molar-refractivity contribution in [2.45, 2.75) is 26.2 Å². The van der Waals surface area contributed by atoms with Crippen molar-refractivity contribution in [1.29, 1.82) is 0 Å². The summed E-state index contributed by atoms with van der Waals surface area (Å²) in [7, 11) is 1.59. The number of carbonyl (C=O) groups excluding carboxylic acids is 1. The second-order valence-electron chi connectivity index (χ2n) is 7.27. The molecular formula is C22H23N3O2. The van der Waals surface area contributed by atoms with E-state index in [4.69, 9.17) is 4.74 Å². The fourth-order valence-electron chi connectivity index (χ4n) is 2.66. The number of hydrogen-bond donors (Lipinski definition) is 1. The van der Waals surface area contributed by atoms with E-state index in [1.807, 2.05) is 42.5 Å². The number of nitrogens with one attached hydrogen (secondary N) is 1. The summed E-state index contributed by atoms with van der Waals surface area (Å²) in [5.41, 5.74) is 3.97. The Kier molecular flexibility index (Phi) is 5.21. The zero-order chi connectivity index (χ0) is 19.4. The van der Waals surface area contributed by atoms with Gasteiger partial charge in [-0.05, 0) is 41.3 Å². The lowest BCUT2D eigenvalue weighted by Crippen LogP contribution is -2.14. The topological polar surface area (TPSA) is 64.1 Å². The van der Waals surface area contributed by atoms with E-state index in [0.29, 0.717) is 17.1 Å². The molecule has 2 aromatic carbocycles. The first-order valence-electron chi connectivity index (χ1n) is 8.76. The smallest absolute Gasteiger partial charge is 0.248 e. The number of amides is 1. The van der Waals surface area contributed by atoms with Crippen LogP contribution < -0.4 is 10.1 Å². The molecule has 0 radical (unpaired) electrons. The molecule has 3 rings (SSSR count). The van der Waals surface area contributed by atoms with Crippen LogP contribution in [0.2, 0.25) is 0 Å². The summed E-state index contributed by atoms with van der Waals surface area (Å²) in [6.45, 7) is 6.37. The molecule has 0 aliphatic rings. The average Bonchev–Trinajstić information content (AvgIpc) is 2.65. The molecule has 5 nitrogen and oxygen atoms in total. The zero-order valence-corrected chi connectivity index (χ0v) is 16.0. The van der Waals surface area contributed by atoms with Crippen molar-refractivity contribution in [2.24, 2.45) is 0 Å². The highest BCUT2D eigenvalue weighted by atomic mass is 16.5. The first-order valence-corrected chi connectivity index (χ1v) is 8.76. The fourth-order valence-corrected chi connectivity index (χ4v) is 2.66. The number of carbonyl (C=O) groups is 1. The van der Waals surface area contributed by atoms with E-state index in [9.17, 15) is 4.79 Å². The van der Waals surface area contributed by atoms with Crippen LogP contribution in [0.3, 0.4) is 0 Å². The van der Waals surface area contributed by atoms with Gasteiger partial charge in [-0.2, -0.15) is 0 Å². The number of anilines is 1. The number of hydrogen-bond acceptors (Lipinski definition) is 4. The lowest BCUT2D eigenvalue weighted by Gasteiger charge is -2.21. The molecule has 1 amide bonds. The van der Waals surface area contributed by atoms with Crippen LogP contribution in [-0.2, 0) is 10.2 Å². The van der Waals surface area contributed by atoms with Crippen LogP contribution in [0.1, 0.15) is 32.0 Å². The van der Waals surface area contributed by atoms with Crippen LogP contribution in [0.4, 0.5) is 5.69 Å². The van der Waals surface area contributed by atoms with E-state index in [1.165, 1.54) is 6.08 Å². The molecule has 0 unspecified atom stereocenters. The van der Waals surface area contributed by atoms with Gasteiger partial charge >= 0.3 is 0 Å². The Bertz CT molecular complexity index is 1000. The molecule has 138 valence electrons. The lowest BCUT2D eigenvalue weighted by atomic mass is 9.87. The minimum atomic E-state index is -0.255. The molecule has 0 saturated heterocycles. The van der Waals surface area contributed by atoms with Crippen LogP contribution in [0, 0.1) is 0 Å². The van der Waals surface area contributed by atoms with Crippen molar-refractivity contribution >= 4 is 28.7 Å². The first-order chi connectivity index (χ1) is 12.9. The van der Waals surface area contributed by atoms with Gasteiger partial charge in [0.05, 0.1) is 35.7 Å². The second-order valence-corrected chi connectivity index (χ2v) is 7.27. The molecule has 0 fully saturated rings. The van der Waals surface area contributed by atoms with Crippen molar-refractivity contribution in [2.75, 3.05) is 12.4 Å². The standard InChI is InChI=1S/C22H23N3O2/c1-22(2,3)15-9-11-20(27-4)19(13-15)25-21(26)12-10-16-14-23-17-7-5-6-8-18(17)24-16/h5-14H,1-4H3,(H,25,26). The minimum Gasteiger partial charge on any atom is -0.495 e. The normalized spacial score (nSPS) is 11.7. The molecule has 27 heavy (non-hydrogen) atoms. The van der Waals surface area contributed by atoms with E-state index < -0.39 is 0 Å². The first kappa shape index (κ1) is 18.6. The van der Waals surface area contributed by atoms with E-state index in [2.05, 4.69) is 36.1 Å². The summed E-state index contributed by atoms with van der Waals surface area (Å²) in [5, 5.41) is 2.88. The third-order valence-electron chi connectivity index (χ3n) is 4.20. The van der Waals surface area contributed by atoms with Crippen molar-refractivity contribution < 1.29 is 9.53 Å². The highest BCUT2D eigenvalue weighted by molar-refractivity contribution is 6.02. The second kappa shape index (κ2) is 7.58. The monoisotopic (exact) mass is 361 g/mol. The number of fused-ring (bicyclic) bond motifs is 1. The molecule has 3 aromatic rings. The number of nitrogens with zero attached hydrogens (tertiary/aromatic N) is 2. The number of rotatable bonds is 4. The molecular weight excluding hydrogens is 338 g/mol. The Hall–Kier alpha value is -3.21. The van der Waals surface area contributed by atoms with Gasteiger partial charge in [-0.3, -0.25) is 9.78 Å². The van der Waals surface area contributed by atoms with Crippen LogP contribution in [0.15, 0.2) is 54.7 Å². The van der Waals surface area contributed by atoms with Crippen LogP contribution in [-0.4, -0.2) is 23.0 Å². The van der Waals surface area contributed by atoms with Gasteiger partial charge in [-0.25, -0.2) is 4.98 Å². The number of para-hydroxylation sites is 2. The van der Waals surface area contributed by atoms with Crippen molar-refractivity contribution in [1.82, 2.24) is 9.97 Å². The Balaban J connectivity index is 1.79. The summed E-state index contributed by atoms with van der Waals surface area (Å²) in [4.78, 5) is 21.2. The van der Waals surface area contributed by atoms with Gasteiger partial charge in [0.25, 0.3) is 0 Å². The van der Waals surface area contributed by atoms with Crippen LogP contribution in [0.5, 0.6) is 5.75 Å².